The molecule has 2 aromatic rings. The summed E-state index contributed by atoms with van der Waals surface area (Å²) in [5.41, 5.74) is 1.92. The average molecular weight is 306 g/mol. The van der Waals surface area contributed by atoms with Gasteiger partial charge in [-0.2, -0.15) is 0 Å². The summed E-state index contributed by atoms with van der Waals surface area (Å²) in [6, 6.07) is 3.69. The van der Waals surface area contributed by atoms with Gasteiger partial charge in [-0.25, -0.2) is 0 Å². The van der Waals surface area contributed by atoms with Gasteiger partial charge in [-0.15, -0.1) is 11.3 Å². The highest BCUT2D eigenvalue weighted by molar-refractivity contribution is 7.20. The van der Waals surface area contributed by atoms with Crippen LogP contribution in [0.2, 0.25) is 0 Å². The zero-order chi connectivity index (χ0) is 15.4. The molecule has 5 nitrogen and oxygen atoms in total. The molecule has 21 heavy (non-hydrogen) atoms. The maximum absolute atomic E-state index is 12.0. The molecule has 0 fully saturated rings. The van der Waals surface area contributed by atoms with E-state index in [1.165, 1.54) is 11.3 Å². The van der Waals surface area contributed by atoms with Crippen LogP contribution in [0.5, 0.6) is 0 Å². The van der Waals surface area contributed by atoms with Crippen LogP contribution in [-0.4, -0.2) is 29.5 Å². The van der Waals surface area contributed by atoms with Gasteiger partial charge in [0.05, 0.1) is 27.6 Å². The number of nitrogens with one attached hydrogen (secondary N) is 1. The summed E-state index contributed by atoms with van der Waals surface area (Å²) in [5.74, 6) is -0.492. The first-order valence-corrected chi connectivity index (χ1v) is 7.62. The van der Waals surface area contributed by atoms with E-state index < -0.39 is 0 Å². The molecule has 0 aromatic carbocycles. The predicted molar refractivity (Wildman–Crippen MR) is 82.5 cm³/mol. The Labute approximate surface area is 127 Å². The van der Waals surface area contributed by atoms with Crippen LogP contribution in [0, 0.1) is 6.92 Å². The second-order valence-electron chi connectivity index (χ2n) is 5.00. The van der Waals surface area contributed by atoms with Gasteiger partial charge in [0.25, 0.3) is 5.91 Å². The lowest BCUT2D eigenvalue weighted by molar-refractivity contribution is -0.147. The molecule has 0 radical (unpaired) electrons. The molecule has 0 atom stereocenters. The molecule has 0 saturated heterocycles. The van der Waals surface area contributed by atoms with Gasteiger partial charge in [-0.1, -0.05) is 0 Å². The molecule has 0 spiro atoms. The zero-order valence-corrected chi connectivity index (χ0v) is 13.1. The van der Waals surface area contributed by atoms with Crippen LogP contribution < -0.4 is 5.32 Å². The topological polar surface area (TPSA) is 68.3 Å². The Bertz CT molecular complexity index is 664. The highest BCUT2D eigenvalue weighted by Gasteiger charge is 2.12. The van der Waals surface area contributed by atoms with E-state index in [4.69, 9.17) is 4.74 Å². The number of hydrogen-bond donors (Lipinski definition) is 1. The van der Waals surface area contributed by atoms with E-state index >= 15 is 0 Å². The Morgan fingerprint density at radius 2 is 2.19 bits per heavy atom. The van der Waals surface area contributed by atoms with Crippen molar-refractivity contribution < 1.29 is 14.3 Å². The molecule has 0 saturated carbocycles. The summed E-state index contributed by atoms with van der Waals surface area (Å²) in [6.07, 6.45) is 1.77. The van der Waals surface area contributed by atoms with Crippen LogP contribution in [0.3, 0.4) is 0 Å². The molecule has 0 aliphatic heterocycles. The van der Waals surface area contributed by atoms with Crippen LogP contribution in [0.4, 0.5) is 0 Å². The standard InChI is InChI=1S/C15H18N2O3S/c1-9(2)20-13(18)5-7-17-15(19)12-8-11-14(21-12)10(3)4-6-16-11/h4,6,8-9H,5,7H2,1-3H3,(H,17,19). The van der Waals surface area contributed by atoms with Crippen LogP contribution in [0.15, 0.2) is 18.3 Å². The van der Waals surface area contributed by atoms with E-state index in [2.05, 4.69) is 10.3 Å². The number of aryl methyl sites for hydroxylation is 1. The third-order valence-corrected chi connectivity index (χ3v) is 4.07. The van der Waals surface area contributed by atoms with Crippen LogP contribution in [0.25, 0.3) is 10.2 Å². The smallest absolute Gasteiger partial charge is 0.307 e. The van der Waals surface area contributed by atoms with Crippen molar-refractivity contribution in [2.24, 2.45) is 0 Å². The summed E-state index contributed by atoms with van der Waals surface area (Å²) in [5, 5.41) is 2.73. The number of thiophene rings is 1. The zero-order valence-electron chi connectivity index (χ0n) is 12.3. The Morgan fingerprint density at radius 3 is 2.86 bits per heavy atom. The largest absolute Gasteiger partial charge is 0.463 e. The van der Waals surface area contributed by atoms with Crippen molar-refractivity contribution >= 4 is 33.4 Å². The van der Waals surface area contributed by atoms with Crippen LogP contribution in [0.1, 0.15) is 35.5 Å². The summed E-state index contributed by atoms with van der Waals surface area (Å²) in [7, 11) is 0. The lowest BCUT2D eigenvalue weighted by Crippen LogP contribution is -2.26. The SMILES string of the molecule is Cc1ccnc2cc(C(=O)NCCC(=O)OC(C)C)sc12. The summed E-state index contributed by atoms with van der Waals surface area (Å²) >= 11 is 1.41. The lowest BCUT2D eigenvalue weighted by atomic mass is 10.2. The first-order chi connectivity index (χ1) is 9.97. The van der Waals surface area contributed by atoms with Crippen molar-refractivity contribution in [3.63, 3.8) is 0 Å². The molecular formula is C15H18N2O3S. The lowest BCUT2D eigenvalue weighted by Gasteiger charge is -2.07. The summed E-state index contributed by atoms with van der Waals surface area (Å²) in [4.78, 5) is 28.3. The Balaban J connectivity index is 1.93. The molecule has 0 unspecified atom stereocenters. The summed E-state index contributed by atoms with van der Waals surface area (Å²) < 4.78 is 6.02. The normalized spacial score (nSPS) is 10.9. The monoisotopic (exact) mass is 306 g/mol. The minimum absolute atomic E-state index is 0.134. The highest BCUT2D eigenvalue weighted by atomic mass is 32.1. The number of carbonyl (C=O) groups is 2. The number of fused-ring (bicyclic) bond motifs is 1. The van der Waals surface area contributed by atoms with Crippen molar-refractivity contribution in [2.45, 2.75) is 33.3 Å². The van der Waals surface area contributed by atoms with Gasteiger partial charge in [0.1, 0.15) is 0 Å². The molecular weight excluding hydrogens is 288 g/mol. The highest BCUT2D eigenvalue weighted by Crippen LogP contribution is 2.26. The Hall–Kier alpha value is -1.95. The van der Waals surface area contributed by atoms with Gasteiger partial charge in [0.2, 0.25) is 0 Å². The van der Waals surface area contributed by atoms with E-state index in [1.807, 2.05) is 13.0 Å². The second-order valence-corrected chi connectivity index (χ2v) is 6.05. The number of hydrogen-bond acceptors (Lipinski definition) is 5. The van der Waals surface area contributed by atoms with Gasteiger partial charge in [-0.3, -0.25) is 14.6 Å². The minimum atomic E-state index is -0.306. The van der Waals surface area contributed by atoms with E-state index in [0.29, 0.717) is 4.88 Å². The third kappa shape index (κ3) is 4.01. The van der Waals surface area contributed by atoms with E-state index in [1.54, 1.807) is 26.1 Å². The number of aromatic nitrogens is 1. The Morgan fingerprint density at radius 1 is 1.43 bits per heavy atom. The molecule has 2 heterocycles. The fourth-order valence-corrected chi connectivity index (χ4v) is 2.86. The van der Waals surface area contributed by atoms with Gasteiger partial charge >= 0.3 is 5.97 Å². The number of rotatable bonds is 5. The van der Waals surface area contributed by atoms with Crippen molar-refractivity contribution in [3.8, 4) is 0 Å². The van der Waals surface area contributed by atoms with E-state index in [9.17, 15) is 9.59 Å². The molecule has 2 aromatic heterocycles. The molecule has 1 N–H and O–H groups in total. The molecule has 6 heteroatoms. The van der Waals surface area contributed by atoms with Crippen LogP contribution in [-0.2, 0) is 9.53 Å². The number of ether oxygens (including phenoxy) is 1. The maximum Gasteiger partial charge on any atom is 0.307 e. The Kier molecular flexibility index (Phi) is 4.90. The number of pyridine rings is 1. The van der Waals surface area contributed by atoms with Gasteiger partial charge < -0.3 is 10.1 Å². The van der Waals surface area contributed by atoms with Gasteiger partial charge in [-0.05, 0) is 38.5 Å². The molecule has 1 amide bonds. The van der Waals surface area contributed by atoms with E-state index in [-0.39, 0.29) is 30.9 Å². The molecule has 2 rings (SSSR count). The molecule has 0 aliphatic carbocycles. The molecule has 112 valence electrons. The van der Waals surface area contributed by atoms with E-state index in [0.717, 1.165) is 15.8 Å². The quantitative estimate of drug-likeness (QED) is 0.862. The fraction of sp³-hybridized carbons (Fsp3) is 0.400. The van der Waals surface area contributed by atoms with Gasteiger partial charge in [0, 0.05) is 12.7 Å². The van der Waals surface area contributed by atoms with Crippen molar-refractivity contribution in [1.29, 1.82) is 0 Å². The van der Waals surface area contributed by atoms with Crippen molar-refractivity contribution in [2.75, 3.05) is 6.54 Å². The molecule has 0 aliphatic rings. The maximum atomic E-state index is 12.0. The number of amides is 1. The number of nitrogens with zero attached hydrogens (tertiary/aromatic N) is 1. The first kappa shape index (κ1) is 15.4. The van der Waals surface area contributed by atoms with Crippen molar-refractivity contribution in [3.05, 3.63) is 28.8 Å². The predicted octanol–water partition coefficient (Wildman–Crippen LogP) is 2.68. The third-order valence-electron chi connectivity index (χ3n) is 2.81. The van der Waals surface area contributed by atoms with Crippen molar-refractivity contribution in [1.82, 2.24) is 10.3 Å². The fourth-order valence-electron chi connectivity index (χ4n) is 1.86. The second kappa shape index (κ2) is 6.67. The van der Waals surface area contributed by atoms with Crippen LogP contribution >= 0.6 is 11.3 Å². The number of esters is 1. The first-order valence-electron chi connectivity index (χ1n) is 6.80. The molecule has 0 bridgehead atoms. The van der Waals surface area contributed by atoms with Gasteiger partial charge in [0.15, 0.2) is 0 Å². The minimum Gasteiger partial charge on any atom is -0.463 e. The average Bonchev–Trinajstić information content (AvgIpc) is 2.83. The summed E-state index contributed by atoms with van der Waals surface area (Å²) in [6.45, 7) is 5.85. The number of carbonyl (C=O) groups excluding carboxylic acids is 2.